The van der Waals surface area contributed by atoms with E-state index in [4.69, 9.17) is 4.74 Å². The van der Waals surface area contributed by atoms with Crippen molar-refractivity contribution < 1.29 is 4.74 Å². The zero-order chi connectivity index (χ0) is 10.9. The molecule has 0 radical (unpaired) electrons. The van der Waals surface area contributed by atoms with Crippen LogP contribution in [0.15, 0.2) is 61.9 Å². The van der Waals surface area contributed by atoms with Gasteiger partial charge in [0, 0.05) is 24.5 Å². The summed E-state index contributed by atoms with van der Waals surface area (Å²) in [6.45, 7) is 6.00. The Bertz CT molecular complexity index is 338. The molecule has 3 heteroatoms. The smallest absolute Gasteiger partial charge is 0.221 e. The summed E-state index contributed by atoms with van der Waals surface area (Å²) in [5.41, 5.74) is 0. The Morgan fingerprint density at radius 3 is 1.60 bits per heavy atom. The molecule has 2 aromatic rings. The van der Waals surface area contributed by atoms with E-state index in [2.05, 4.69) is 23.1 Å². The van der Waals surface area contributed by atoms with Crippen molar-refractivity contribution in [3.05, 3.63) is 61.9 Å². The van der Waals surface area contributed by atoms with Gasteiger partial charge in [0.15, 0.2) is 0 Å². The van der Waals surface area contributed by atoms with Gasteiger partial charge >= 0.3 is 0 Å². The highest BCUT2D eigenvalue weighted by molar-refractivity contribution is 5.18. The minimum absolute atomic E-state index is 0.557. The van der Waals surface area contributed by atoms with E-state index in [1.165, 1.54) is 0 Å². The largest absolute Gasteiger partial charge is 0.421 e. The van der Waals surface area contributed by atoms with Gasteiger partial charge in [-0.3, -0.25) is 0 Å². The van der Waals surface area contributed by atoms with Gasteiger partial charge in [-0.05, 0) is 12.1 Å². The Kier molecular flexibility index (Phi) is 4.60. The molecule has 2 rings (SSSR count). The maximum Gasteiger partial charge on any atom is 0.221 e. The molecule has 0 aliphatic carbocycles. The molecule has 0 saturated heterocycles. The quantitative estimate of drug-likeness (QED) is 0.699. The zero-order valence-electron chi connectivity index (χ0n) is 8.34. The van der Waals surface area contributed by atoms with Crippen molar-refractivity contribution in [1.82, 2.24) is 9.97 Å². The number of hydrogen-bond acceptors (Lipinski definition) is 3. The fraction of sp³-hybridized carbons (Fsp3) is 0. The summed E-state index contributed by atoms with van der Waals surface area (Å²) < 4.78 is 5.36. The molecule has 15 heavy (non-hydrogen) atoms. The fourth-order valence-electron chi connectivity index (χ4n) is 0.922. The average Bonchev–Trinajstić information content (AvgIpc) is 2.34. The van der Waals surface area contributed by atoms with E-state index < -0.39 is 0 Å². The molecule has 0 saturated carbocycles. The molecule has 76 valence electrons. The molecule has 0 unspecified atom stereocenters. The maximum absolute atomic E-state index is 5.36. The van der Waals surface area contributed by atoms with Crippen LogP contribution in [0.5, 0.6) is 11.8 Å². The number of aromatic nitrogens is 2. The highest BCUT2D eigenvalue weighted by Crippen LogP contribution is 2.14. The molecule has 0 atom stereocenters. The Hall–Kier alpha value is -2.16. The van der Waals surface area contributed by atoms with Gasteiger partial charge in [-0.2, -0.15) is 0 Å². The highest BCUT2D eigenvalue weighted by atomic mass is 16.5. The number of hydrogen-bond donors (Lipinski definition) is 0. The monoisotopic (exact) mass is 200 g/mol. The van der Waals surface area contributed by atoms with Gasteiger partial charge in [-0.25, -0.2) is 9.97 Å². The van der Waals surface area contributed by atoms with Crippen LogP contribution in [0.3, 0.4) is 0 Å². The van der Waals surface area contributed by atoms with E-state index in [0.717, 1.165) is 0 Å². The van der Waals surface area contributed by atoms with Gasteiger partial charge < -0.3 is 4.74 Å². The second-order valence-electron chi connectivity index (χ2n) is 2.44. The molecule has 0 amide bonds. The van der Waals surface area contributed by atoms with Crippen LogP contribution in [0.4, 0.5) is 0 Å². The predicted molar refractivity (Wildman–Crippen MR) is 59.8 cm³/mol. The standard InChI is InChI=1S/C10H8N2O.C2H4/c1-3-7-11-9(5-1)13-10-6-2-4-8-12-10;1-2/h1-8H;1-2H2. The van der Waals surface area contributed by atoms with Gasteiger partial charge in [0.05, 0.1) is 0 Å². The second kappa shape index (κ2) is 6.32. The van der Waals surface area contributed by atoms with Crippen molar-refractivity contribution in [3.8, 4) is 11.8 Å². The Labute approximate surface area is 89.1 Å². The Morgan fingerprint density at radius 2 is 1.27 bits per heavy atom. The molecule has 2 aromatic heterocycles. The molecular weight excluding hydrogens is 188 g/mol. The van der Waals surface area contributed by atoms with Crippen molar-refractivity contribution in [2.24, 2.45) is 0 Å². The second-order valence-corrected chi connectivity index (χ2v) is 2.44. The summed E-state index contributed by atoms with van der Waals surface area (Å²) in [6, 6.07) is 11.0. The van der Waals surface area contributed by atoms with Crippen molar-refractivity contribution in [3.63, 3.8) is 0 Å². The normalized spacial score (nSPS) is 8.53. The maximum atomic E-state index is 5.36. The number of rotatable bonds is 2. The summed E-state index contributed by atoms with van der Waals surface area (Å²) in [7, 11) is 0. The van der Waals surface area contributed by atoms with Crippen LogP contribution in [0, 0.1) is 0 Å². The van der Waals surface area contributed by atoms with Crippen LogP contribution in [0.2, 0.25) is 0 Å². The SMILES string of the molecule is C=C.c1ccc(Oc2ccccn2)nc1. The lowest BCUT2D eigenvalue weighted by Crippen LogP contribution is -1.88. The van der Waals surface area contributed by atoms with Crippen LogP contribution >= 0.6 is 0 Å². The molecule has 0 N–H and O–H groups in total. The van der Waals surface area contributed by atoms with E-state index in [0.29, 0.717) is 11.8 Å². The first-order valence-corrected chi connectivity index (χ1v) is 4.45. The van der Waals surface area contributed by atoms with Gasteiger partial charge in [0.25, 0.3) is 0 Å². The first-order chi connectivity index (χ1) is 7.45. The molecule has 0 bridgehead atoms. The Balaban J connectivity index is 0.000000531. The van der Waals surface area contributed by atoms with Crippen molar-refractivity contribution >= 4 is 0 Å². The van der Waals surface area contributed by atoms with Crippen LogP contribution in [0.1, 0.15) is 0 Å². The van der Waals surface area contributed by atoms with Crippen LogP contribution < -0.4 is 4.74 Å². The van der Waals surface area contributed by atoms with E-state index in [1.807, 2.05) is 24.3 Å². The zero-order valence-corrected chi connectivity index (χ0v) is 8.34. The number of ether oxygens (including phenoxy) is 1. The average molecular weight is 200 g/mol. The number of pyridine rings is 2. The third-order valence-electron chi connectivity index (χ3n) is 1.48. The minimum atomic E-state index is 0.557. The lowest BCUT2D eigenvalue weighted by Gasteiger charge is -2.00. The lowest BCUT2D eigenvalue weighted by atomic mass is 10.5. The van der Waals surface area contributed by atoms with E-state index >= 15 is 0 Å². The molecule has 0 spiro atoms. The van der Waals surface area contributed by atoms with E-state index in [-0.39, 0.29) is 0 Å². The highest BCUT2D eigenvalue weighted by Gasteiger charge is 1.95. The summed E-state index contributed by atoms with van der Waals surface area (Å²) >= 11 is 0. The molecule has 2 heterocycles. The first kappa shape index (κ1) is 10.9. The molecule has 0 aliphatic heterocycles. The van der Waals surface area contributed by atoms with Crippen molar-refractivity contribution in [1.29, 1.82) is 0 Å². The molecule has 0 aliphatic rings. The van der Waals surface area contributed by atoms with Crippen molar-refractivity contribution in [2.45, 2.75) is 0 Å². The minimum Gasteiger partial charge on any atom is -0.421 e. The topological polar surface area (TPSA) is 35.0 Å². The van der Waals surface area contributed by atoms with E-state index in [9.17, 15) is 0 Å². The Morgan fingerprint density at radius 1 is 0.800 bits per heavy atom. The van der Waals surface area contributed by atoms with Gasteiger partial charge in [0.1, 0.15) is 0 Å². The molecular formula is C12H12N2O. The van der Waals surface area contributed by atoms with Gasteiger partial charge in [0.2, 0.25) is 11.8 Å². The summed E-state index contributed by atoms with van der Waals surface area (Å²) in [4.78, 5) is 8.02. The molecule has 0 aromatic carbocycles. The predicted octanol–water partition coefficient (Wildman–Crippen LogP) is 3.07. The van der Waals surface area contributed by atoms with E-state index in [1.54, 1.807) is 24.5 Å². The summed E-state index contributed by atoms with van der Waals surface area (Å²) in [5, 5.41) is 0. The van der Waals surface area contributed by atoms with Crippen LogP contribution in [0.25, 0.3) is 0 Å². The van der Waals surface area contributed by atoms with Crippen LogP contribution in [-0.4, -0.2) is 9.97 Å². The third kappa shape index (κ3) is 3.60. The first-order valence-electron chi connectivity index (χ1n) is 4.45. The number of nitrogens with zero attached hydrogens (tertiary/aromatic N) is 2. The molecule has 3 nitrogen and oxygen atoms in total. The van der Waals surface area contributed by atoms with Crippen molar-refractivity contribution in [2.75, 3.05) is 0 Å². The van der Waals surface area contributed by atoms with Gasteiger partial charge in [-0.1, -0.05) is 12.1 Å². The molecule has 0 fully saturated rings. The third-order valence-corrected chi connectivity index (χ3v) is 1.48. The van der Waals surface area contributed by atoms with Crippen LogP contribution in [-0.2, 0) is 0 Å². The van der Waals surface area contributed by atoms with Gasteiger partial charge in [-0.15, -0.1) is 13.2 Å². The summed E-state index contributed by atoms with van der Waals surface area (Å²) in [6.07, 6.45) is 3.36. The summed E-state index contributed by atoms with van der Waals surface area (Å²) in [5.74, 6) is 1.11. The fourth-order valence-corrected chi connectivity index (χ4v) is 0.922. The lowest BCUT2D eigenvalue weighted by molar-refractivity contribution is 0.445.